The summed E-state index contributed by atoms with van der Waals surface area (Å²) in [6, 6.07) is 5.01. The number of phenols is 1. The van der Waals surface area contributed by atoms with Gasteiger partial charge in [0.1, 0.15) is 11.6 Å². The highest BCUT2D eigenvalue weighted by Gasteiger charge is 2.45. The molecule has 1 aromatic carbocycles. The molecule has 1 heterocycles. The van der Waals surface area contributed by atoms with Crippen LogP contribution in [0.4, 0.5) is 4.79 Å². The number of aryl methyl sites for hydroxylation is 1. The van der Waals surface area contributed by atoms with E-state index in [9.17, 15) is 14.7 Å². The Labute approximate surface area is 153 Å². The van der Waals surface area contributed by atoms with Gasteiger partial charge in [-0.2, -0.15) is 0 Å². The van der Waals surface area contributed by atoms with Crippen molar-refractivity contribution in [2.45, 2.75) is 63.5 Å². The molecular weight excluding hydrogens is 336 g/mol. The lowest BCUT2D eigenvalue weighted by molar-refractivity contribution is -0.127. The summed E-state index contributed by atoms with van der Waals surface area (Å²) >= 11 is 0. The number of carbonyl (C=O) groups excluding carboxylic acids is 2. The Bertz CT molecular complexity index is 649. The van der Waals surface area contributed by atoms with Gasteiger partial charge in [0.25, 0.3) is 0 Å². The minimum absolute atomic E-state index is 0.0521. The topological polar surface area (TPSA) is 111 Å². The normalized spacial score (nSPS) is 22.4. The first-order valence-electron chi connectivity index (χ1n) is 9.05. The van der Waals surface area contributed by atoms with Crippen LogP contribution in [0.2, 0.25) is 0 Å². The zero-order chi connectivity index (χ0) is 19.2. The van der Waals surface area contributed by atoms with Crippen molar-refractivity contribution in [2.24, 2.45) is 5.73 Å². The number of hydrogen-bond acceptors (Lipinski definition) is 5. The van der Waals surface area contributed by atoms with Crippen LogP contribution in [0.3, 0.4) is 0 Å². The summed E-state index contributed by atoms with van der Waals surface area (Å²) in [6.07, 6.45) is 4.12. The molecule has 0 spiro atoms. The molecule has 1 fully saturated rings. The van der Waals surface area contributed by atoms with Gasteiger partial charge < -0.3 is 25.6 Å². The number of unbranched alkanes of at least 4 members (excludes halogenated alkanes) is 2. The smallest absolute Gasteiger partial charge is 0.408 e. The Kier molecular flexibility index (Phi) is 6.71. The number of primary amides is 1. The lowest BCUT2D eigenvalue weighted by atomic mass is 9.83. The average Bonchev–Trinajstić information content (AvgIpc) is 2.60. The standard InChI is InChI=1S/C19H28N2O5/c1-3-4-5-6-14-12-19(17(20)23,21-18(24)26-14)10-9-13-7-8-15(22)16(11-13)25-2/h7-8,11,14,22H,3-6,9-10,12H2,1-2H3,(H2,20,23)(H,21,24)/t14-,19?/m0/s1. The van der Waals surface area contributed by atoms with E-state index in [-0.39, 0.29) is 11.9 Å². The van der Waals surface area contributed by atoms with E-state index in [0.29, 0.717) is 25.0 Å². The second-order valence-corrected chi connectivity index (χ2v) is 6.80. The third-order valence-electron chi connectivity index (χ3n) is 4.88. The monoisotopic (exact) mass is 364 g/mol. The summed E-state index contributed by atoms with van der Waals surface area (Å²) in [4.78, 5) is 24.2. The van der Waals surface area contributed by atoms with Crippen LogP contribution in [-0.2, 0) is 16.0 Å². The average molecular weight is 364 g/mol. The van der Waals surface area contributed by atoms with Crippen molar-refractivity contribution in [1.29, 1.82) is 0 Å². The van der Waals surface area contributed by atoms with E-state index in [1.54, 1.807) is 18.2 Å². The first-order chi connectivity index (χ1) is 12.4. The molecule has 0 bridgehead atoms. The minimum atomic E-state index is -1.13. The van der Waals surface area contributed by atoms with E-state index in [4.69, 9.17) is 15.2 Å². The Morgan fingerprint density at radius 1 is 1.46 bits per heavy atom. The molecule has 1 unspecified atom stereocenters. The highest BCUT2D eigenvalue weighted by molar-refractivity contribution is 5.89. The fourth-order valence-electron chi connectivity index (χ4n) is 3.33. The molecule has 2 rings (SSSR count). The predicted molar refractivity (Wildman–Crippen MR) is 97.1 cm³/mol. The van der Waals surface area contributed by atoms with Gasteiger partial charge in [-0.25, -0.2) is 4.79 Å². The number of benzene rings is 1. The summed E-state index contributed by atoms with van der Waals surface area (Å²) in [5, 5.41) is 12.3. The number of carbonyl (C=O) groups is 2. The number of nitrogens with two attached hydrogens (primary N) is 1. The lowest BCUT2D eigenvalue weighted by Crippen LogP contribution is -2.63. The molecular formula is C19H28N2O5. The fourth-order valence-corrected chi connectivity index (χ4v) is 3.33. The number of amides is 2. The second-order valence-electron chi connectivity index (χ2n) is 6.80. The van der Waals surface area contributed by atoms with E-state index in [2.05, 4.69) is 12.2 Å². The Morgan fingerprint density at radius 2 is 2.23 bits per heavy atom. The van der Waals surface area contributed by atoms with E-state index in [1.807, 2.05) is 0 Å². The molecule has 7 heteroatoms. The SMILES string of the molecule is CCCCC[C@H]1CC(CCc2ccc(O)c(OC)c2)(C(N)=O)NC(=O)O1. The quantitative estimate of drug-likeness (QED) is 0.583. The van der Waals surface area contributed by atoms with Crippen LogP contribution in [0, 0.1) is 0 Å². The highest BCUT2D eigenvalue weighted by atomic mass is 16.6. The molecule has 0 aromatic heterocycles. The van der Waals surface area contributed by atoms with Crippen molar-refractivity contribution < 1.29 is 24.2 Å². The number of aromatic hydroxyl groups is 1. The van der Waals surface area contributed by atoms with E-state index in [1.165, 1.54) is 7.11 Å². The summed E-state index contributed by atoms with van der Waals surface area (Å²) in [6.45, 7) is 2.11. The van der Waals surface area contributed by atoms with Gasteiger partial charge in [0, 0.05) is 6.42 Å². The second kappa shape index (κ2) is 8.78. The number of hydrogen-bond donors (Lipinski definition) is 3. The van der Waals surface area contributed by atoms with Crippen molar-refractivity contribution in [1.82, 2.24) is 5.32 Å². The van der Waals surface area contributed by atoms with Crippen molar-refractivity contribution in [3.8, 4) is 11.5 Å². The maximum Gasteiger partial charge on any atom is 0.408 e. The number of rotatable bonds is 9. The molecule has 1 saturated heterocycles. The minimum Gasteiger partial charge on any atom is -0.504 e. The summed E-state index contributed by atoms with van der Waals surface area (Å²) < 4.78 is 10.4. The van der Waals surface area contributed by atoms with Crippen LogP contribution < -0.4 is 15.8 Å². The molecule has 2 amide bonds. The zero-order valence-corrected chi connectivity index (χ0v) is 15.4. The van der Waals surface area contributed by atoms with Crippen LogP contribution in [0.1, 0.15) is 51.0 Å². The summed E-state index contributed by atoms with van der Waals surface area (Å²) in [7, 11) is 1.48. The number of methoxy groups -OCH3 is 1. The maximum atomic E-state index is 12.2. The molecule has 4 N–H and O–H groups in total. The van der Waals surface area contributed by atoms with Crippen molar-refractivity contribution in [2.75, 3.05) is 7.11 Å². The van der Waals surface area contributed by atoms with Crippen molar-refractivity contribution in [3.05, 3.63) is 23.8 Å². The van der Waals surface area contributed by atoms with Crippen LogP contribution in [0.15, 0.2) is 18.2 Å². The molecule has 1 aliphatic rings. The van der Waals surface area contributed by atoms with Gasteiger partial charge in [-0.1, -0.05) is 25.8 Å². The number of phenolic OH excluding ortho intramolecular Hbond substituents is 1. The van der Waals surface area contributed by atoms with Crippen LogP contribution in [0.5, 0.6) is 11.5 Å². The number of alkyl carbamates (subject to hydrolysis) is 1. The van der Waals surface area contributed by atoms with Gasteiger partial charge in [0.05, 0.1) is 7.11 Å². The molecule has 0 aliphatic carbocycles. The van der Waals surface area contributed by atoms with Gasteiger partial charge in [0.15, 0.2) is 11.5 Å². The zero-order valence-electron chi connectivity index (χ0n) is 15.4. The van der Waals surface area contributed by atoms with Crippen LogP contribution in [-0.4, -0.2) is 35.9 Å². The Balaban J connectivity index is 2.10. The Morgan fingerprint density at radius 3 is 2.88 bits per heavy atom. The molecule has 1 aliphatic heterocycles. The maximum absolute atomic E-state index is 12.2. The van der Waals surface area contributed by atoms with Crippen molar-refractivity contribution >= 4 is 12.0 Å². The molecule has 1 aromatic rings. The largest absolute Gasteiger partial charge is 0.504 e. The third-order valence-corrected chi connectivity index (χ3v) is 4.88. The van der Waals surface area contributed by atoms with Gasteiger partial charge in [0.2, 0.25) is 5.91 Å². The van der Waals surface area contributed by atoms with E-state index < -0.39 is 17.5 Å². The number of nitrogens with one attached hydrogen (secondary N) is 1. The Hall–Kier alpha value is -2.44. The highest BCUT2D eigenvalue weighted by Crippen LogP contribution is 2.31. The number of cyclic esters (lactones) is 1. The first kappa shape index (κ1) is 19.9. The van der Waals surface area contributed by atoms with Gasteiger partial charge in [-0.3, -0.25) is 4.79 Å². The van der Waals surface area contributed by atoms with E-state index >= 15 is 0 Å². The van der Waals surface area contributed by atoms with Gasteiger partial charge >= 0.3 is 6.09 Å². The van der Waals surface area contributed by atoms with Crippen LogP contribution >= 0.6 is 0 Å². The molecule has 7 nitrogen and oxygen atoms in total. The first-order valence-corrected chi connectivity index (χ1v) is 9.05. The number of ether oxygens (including phenoxy) is 2. The van der Waals surface area contributed by atoms with Gasteiger partial charge in [-0.05, 0) is 43.4 Å². The molecule has 0 saturated carbocycles. The summed E-state index contributed by atoms with van der Waals surface area (Å²) in [5.41, 5.74) is 5.40. The molecule has 144 valence electrons. The molecule has 2 atom stereocenters. The lowest BCUT2D eigenvalue weighted by Gasteiger charge is -2.39. The molecule has 0 radical (unpaired) electrons. The fraction of sp³-hybridized carbons (Fsp3) is 0.579. The third kappa shape index (κ3) is 4.80. The predicted octanol–water partition coefficient (Wildman–Crippen LogP) is 2.64. The van der Waals surface area contributed by atoms with Crippen molar-refractivity contribution in [3.63, 3.8) is 0 Å². The van der Waals surface area contributed by atoms with Crippen LogP contribution in [0.25, 0.3) is 0 Å². The van der Waals surface area contributed by atoms with Gasteiger partial charge in [-0.15, -0.1) is 0 Å². The summed E-state index contributed by atoms with van der Waals surface area (Å²) in [5.74, 6) is -0.138. The molecule has 26 heavy (non-hydrogen) atoms. The van der Waals surface area contributed by atoms with E-state index in [0.717, 1.165) is 31.2 Å².